The van der Waals surface area contributed by atoms with Crippen LogP contribution < -0.4 is 0 Å². The Hall–Kier alpha value is -0.100. The zero-order valence-electron chi connectivity index (χ0n) is 5.00. The highest BCUT2D eigenvalue weighted by molar-refractivity contribution is 14.1. The van der Waals surface area contributed by atoms with Gasteiger partial charge in [0.05, 0.1) is 16.0 Å². The number of aliphatic hydroxyl groups excluding tert-OH is 1. The van der Waals surface area contributed by atoms with Gasteiger partial charge in [-0.15, -0.1) is 0 Å². The number of aliphatic hydroxyl groups is 1. The number of aryl methyl sites for hydroxylation is 1. The Morgan fingerprint density at radius 1 is 1.89 bits per heavy atom. The molecule has 9 heavy (non-hydrogen) atoms. The zero-order chi connectivity index (χ0) is 6.85. The van der Waals surface area contributed by atoms with Gasteiger partial charge in [-0.05, 0) is 28.7 Å². The molecule has 0 saturated carbocycles. The summed E-state index contributed by atoms with van der Waals surface area (Å²) in [6.45, 7) is 0.0246. The smallest absolute Gasteiger partial charge is 0.0989 e. The summed E-state index contributed by atoms with van der Waals surface area (Å²) in [6, 6.07) is 1.85. The van der Waals surface area contributed by atoms with Crippen molar-refractivity contribution in [1.82, 2.24) is 9.78 Å². The predicted octanol–water partition coefficient (Wildman–Crippen LogP) is 0.517. The molecule has 0 aliphatic rings. The highest BCUT2D eigenvalue weighted by Gasteiger charge is 1.98. The van der Waals surface area contributed by atoms with Gasteiger partial charge in [0, 0.05) is 7.05 Å². The number of hydrogen-bond donors (Lipinski definition) is 1. The standard InChI is InChI=1S/C5H7IN2O/c1-8-5(6)2-4(3-9)7-8/h2,9H,3H2,1H3. The molecular weight excluding hydrogens is 231 g/mol. The normalized spacial score (nSPS) is 10.1. The lowest BCUT2D eigenvalue weighted by Gasteiger charge is -1.86. The van der Waals surface area contributed by atoms with Crippen LogP contribution in [0.25, 0.3) is 0 Å². The van der Waals surface area contributed by atoms with Crippen LogP contribution in [-0.4, -0.2) is 14.9 Å². The fourth-order valence-electron chi connectivity index (χ4n) is 0.577. The van der Waals surface area contributed by atoms with E-state index in [1.54, 1.807) is 4.68 Å². The fourth-order valence-corrected chi connectivity index (χ4v) is 1.04. The van der Waals surface area contributed by atoms with Crippen molar-refractivity contribution in [3.63, 3.8) is 0 Å². The average molecular weight is 238 g/mol. The molecule has 0 atom stereocenters. The van der Waals surface area contributed by atoms with Crippen molar-refractivity contribution >= 4 is 22.6 Å². The molecule has 4 heteroatoms. The Balaban J connectivity index is 2.98. The predicted molar refractivity (Wildman–Crippen MR) is 41.8 cm³/mol. The molecule has 3 nitrogen and oxygen atoms in total. The highest BCUT2D eigenvalue weighted by Crippen LogP contribution is 2.04. The van der Waals surface area contributed by atoms with Crippen molar-refractivity contribution in [1.29, 1.82) is 0 Å². The molecule has 0 bridgehead atoms. The summed E-state index contributed by atoms with van der Waals surface area (Å²) in [5.74, 6) is 0. The van der Waals surface area contributed by atoms with Crippen LogP contribution in [0.2, 0.25) is 0 Å². The summed E-state index contributed by atoms with van der Waals surface area (Å²) < 4.78 is 2.77. The third-order valence-electron chi connectivity index (χ3n) is 1.04. The molecule has 0 aliphatic carbocycles. The van der Waals surface area contributed by atoms with E-state index in [0.717, 1.165) is 9.39 Å². The van der Waals surface area contributed by atoms with Gasteiger partial charge in [-0.2, -0.15) is 5.10 Å². The molecule has 0 aliphatic heterocycles. The molecule has 1 rings (SSSR count). The van der Waals surface area contributed by atoms with Crippen molar-refractivity contribution in [2.75, 3.05) is 0 Å². The SMILES string of the molecule is Cn1nc(CO)cc1I. The van der Waals surface area contributed by atoms with Crippen LogP contribution in [0.4, 0.5) is 0 Å². The van der Waals surface area contributed by atoms with E-state index in [4.69, 9.17) is 5.11 Å². The number of rotatable bonds is 1. The Morgan fingerprint density at radius 3 is 2.78 bits per heavy atom. The van der Waals surface area contributed by atoms with Crippen molar-refractivity contribution < 1.29 is 5.11 Å². The molecule has 0 saturated heterocycles. The summed E-state index contributed by atoms with van der Waals surface area (Å²) in [5, 5.41) is 12.6. The Labute approximate surface area is 66.8 Å². The summed E-state index contributed by atoms with van der Waals surface area (Å²) in [5.41, 5.74) is 0.724. The summed E-state index contributed by atoms with van der Waals surface area (Å²) in [6.07, 6.45) is 0. The van der Waals surface area contributed by atoms with Crippen LogP contribution in [0.15, 0.2) is 6.07 Å². The maximum Gasteiger partial charge on any atom is 0.0989 e. The van der Waals surface area contributed by atoms with Gasteiger partial charge in [0.2, 0.25) is 0 Å². The minimum atomic E-state index is 0.0246. The zero-order valence-corrected chi connectivity index (χ0v) is 7.16. The summed E-state index contributed by atoms with van der Waals surface area (Å²) in [4.78, 5) is 0. The molecule has 0 spiro atoms. The lowest BCUT2D eigenvalue weighted by atomic mass is 10.5. The van der Waals surface area contributed by atoms with E-state index < -0.39 is 0 Å². The minimum absolute atomic E-state index is 0.0246. The Kier molecular flexibility index (Phi) is 2.07. The van der Waals surface area contributed by atoms with E-state index in [1.807, 2.05) is 13.1 Å². The molecule has 0 unspecified atom stereocenters. The lowest BCUT2D eigenvalue weighted by Crippen LogP contribution is -1.93. The first-order valence-corrected chi connectivity index (χ1v) is 3.61. The molecule has 50 valence electrons. The third-order valence-corrected chi connectivity index (χ3v) is 2.04. The Morgan fingerprint density at radius 2 is 2.56 bits per heavy atom. The lowest BCUT2D eigenvalue weighted by molar-refractivity contribution is 0.275. The van der Waals surface area contributed by atoms with Crippen LogP contribution in [0.5, 0.6) is 0 Å². The Bertz CT molecular complexity index is 189. The molecule has 0 amide bonds. The topological polar surface area (TPSA) is 38.0 Å². The van der Waals surface area contributed by atoms with E-state index in [9.17, 15) is 0 Å². The highest BCUT2D eigenvalue weighted by atomic mass is 127. The van der Waals surface area contributed by atoms with Crippen LogP contribution in [0, 0.1) is 3.70 Å². The first-order valence-electron chi connectivity index (χ1n) is 2.53. The van der Waals surface area contributed by atoms with Crippen LogP contribution >= 0.6 is 22.6 Å². The molecule has 1 N–H and O–H groups in total. The molecule has 0 radical (unpaired) electrons. The van der Waals surface area contributed by atoms with Gasteiger partial charge in [0.1, 0.15) is 0 Å². The second kappa shape index (κ2) is 2.66. The molecule has 1 aromatic heterocycles. The maximum atomic E-state index is 8.60. The van der Waals surface area contributed by atoms with E-state index in [0.29, 0.717) is 0 Å². The van der Waals surface area contributed by atoms with Crippen LogP contribution in [-0.2, 0) is 13.7 Å². The van der Waals surface area contributed by atoms with Gasteiger partial charge < -0.3 is 5.11 Å². The van der Waals surface area contributed by atoms with Crippen molar-refractivity contribution in [3.05, 3.63) is 15.5 Å². The van der Waals surface area contributed by atoms with Gasteiger partial charge in [-0.1, -0.05) is 0 Å². The quantitative estimate of drug-likeness (QED) is 0.724. The average Bonchev–Trinajstić information content (AvgIpc) is 2.13. The van der Waals surface area contributed by atoms with E-state index in [2.05, 4.69) is 27.7 Å². The number of halogens is 1. The monoisotopic (exact) mass is 238 g/mol. The van der Waals surface area contributed by atoms with E-state index >= 15 is 0 Å². The van der Waals surface area contributed by atoms with Gasteiger partial charge >= 0.3 is 0 Å². The maximum absolute atomic E-state index is 8.60. The molecular formula is C5H7IN2O. The van der Waals surface area contributed by atoms with Gasteiger partial charge in [0.15, 0.2) is 0 Å². The molecule has 1 heterocycles. The summed E-state index contributed by atoms with van der Waals surface area (Å²) in [7, 11) is 1.85. The molecule has 0 aromatic carbocycles. The first kappa shape index (κ1) is 7.01. The van der Waals surface area contributed by atoms with E-state index in [-0.39, 0.29) is 6.61 Å². The minimum Gasteiger partial charge on any atom is -0.390 e. The second-order valence-corrected chi connectivity index (χ2v) is 2.85. The van der Waals surface area contributed by atoms with Gasteiger partial charge in [-0.25, -0.2) is 0 Å². The molecule has 0 fully saturated rings. The van der Waals surface area contributed by atoms with Gasteiger partial charge in [0.25, 0.3) is 0 Å². The fraction of sp³-hybridized carbons (Fsp3) is 0.400. The largest absolute Gasteiger partial charge is 0.390 e. The number of hydrogen-bond acceptors (Lipinski definition) is 2. The van der Waals surface area contributed by atoms with Crippen molar-refractivity contribution in [2.24, 2.45) is 7.05 Å². The van der Waals surface area contributed by atoms with Crippen molar-refractivity contribution in [2.45, 2.75) is 6.61 Å². The van der Waals surface area contributed by atoms with Crippen LogP contribution in [0.3, 0.4) is 0 Å². The van der Waals surface area contributed by atoms with E-state index in [1.165, 1.54) is 0 Å². The van der Waals surface area contributed by atoms with Crippen LogP contribution in [0.1, 0.15) is 5.69 Å². The first-order chi connectivity index (χ1) is 4.24. The summed E-state index contributed by atoms with van der Waals surface area (Å²) >= 11 is 2.16. The van der Waals surface area contributed by atoms with Gasteiger partial charge in [-0.3, -0.25) is 4.68 Å². The number of aromatic nitrogens is 2. The third kappa shape index (κ3) is 1.42. The number of nitrogens with zero attached hydrogens (tertiary/aromatic N) is 2. The van der Waals surface area contributed by atoms with Crippen molar-refractivity contribution in [3.8, 4) is 0 Å². The second-order valence-electron chi connectivity index (χ2n) is 1.74. The molecule has 1 aromatic rings.